The summed E-state index contributed by atoms with van der Waals surface area (Å²) in [6, 6.07) is 0. The van der Waals surface area contributed by atoms with Gasteiger partial charge in [-0.1, -0.05) is 31.6 Å². The van der Waals surface area contributed by atoms with Crippen LogP contribution >= 0.6 is 0 Å². The van der Waals surface area contributed by atoms with Crippen molar-refractivity contribution in [2.75, 3.05) is 0 Å². The lowest BCUT2D eigenvalue weighted by Crippen LogP contribution is -2.44. The first-order chi connectivity index (χ1) is 10.8. The van der Waals surface area contributed by atoms with Gasteiger partial charge >= 0.3 is 5.97 Å². The van der Waals surface area contributed by atoms with E-state index in [0.717, 1.165) is 19.3 Å². The normalized spacial score (nSPS) is 30.4. The molecule has 0 heterocycles. The molecular weight excluding hydrogens is 288 g/mol. The van der Waals surface area contributed by atoms with Crippen LogP contribution in [-0.2, 0) is 14.3 Å². The van der Waals surface area contributed by atoms with Crippen LogP contribution < -0.4 is 0 Å². The molecule has 1 saturated carbocycles. The topological polar surface area (TPSA) is 43.4 Å². The highest BCUT2D eigenvalue weighted by molar-refractivity contribution is 5.91. The van der Waals surface area contributed by atoms with Gasteiger partial charge in [0.1, 0.15) is 6.10 Å². The Morgan fingerprint density at radius 3 is 2.57 bits per heavy atom. The minimum absolute atomic E-state index is 0.000933. The van der Waals surface area contributed by atoms with Gasteiger partial charge in [0.05, 0.1) is 0 Å². The van der Waals surface area contributed by atoms with Gasteiger partial charge in [0, 0.05) is 17.9 Å². The second-order valence-corrected chi connectivity index (χ2v) is 6.70. The van der Waals surface area contributed by atoms with E-state index in [-0.39, 0.29) is 29.2 Å². The molecule has 23 heavy (non-hydrogen) atoms. The number of ether oxygens (including phenoxy) is 1. The summed E-state index contributed by atoms with van der Waals surface area (Å²) in [5.41, 5.74) is 1.90. The molecular formula is C20H30O3. The molecule has 3 unspecified atom stereocenters. The Balaban J connectivity index is 0.000000816. The minimum atomic E-state index is -0.215. The van der Waals surface area contributed by atoms with Crippen LogP contribution in [0.1, 0.15) is 60.3 Å². The van der Waals surface area contributed by atoms with E-state index in [0.29, 0.717) is 12.0 Å². The largest absolute Gasteiger partial charge is 0.459 e. The second-order valence-electron chi connectivity index (χ2n) is 6.70. The van der Waals surface area contributed by atoms with Gasteiger partial charge in [0.2, 0.25) is 0 Å². The fraction of sp³-hybridized carbons (Fsp3) is 0.600. The molecule has 0 aromatic carbocycles. The number of fused-ring (bicyclic) bond motifs is 1. The second kappa shape index (κ2) is 8.28. The van der Waals surface area contributed by atoms with Crippen molar-refractivity contribution >= 4 is 11.8 Å². The Kier molecular flexibility index (Phi) is 6.99. The van der Waals surface area contributed by atoms with E-state index in [1.165, 1.54) is 5.57 Å². The Labute approximate surface area is 140 Å². The van der Waals surface area contributed by atoms with Crippen LogP contribution in [0.5, 0.6) is 0 Å². The third kappa shape index (κ3) is 4.43. The lowest BCUT2D eigenvalue weighted by Gasteiger charge is -2.47. The van der Waals surface area contributed by atoms with Crippen molar-refractivity contribution in [2.45, 2.75) is 66.4 Å². The first-order valence-electron chi connectivity index (χ1n) is 8.45. The number of hydrogen-bond acceptors (Lipinski definition) is 3. The summed E-state index contributed by atoms with van der Waals surface area (Å²) in [5, 5.41) is 0. The fourth-order valence-electron chi connectivity index (χ4n) is 3.32. The summed E-state index contributed by atoms with van der Waals surface area (Å²) in [4.78, 5) is 23.5. The predicted octanol–water partition coefficient (Wildman–Crippen LogP) is 4.78. The van der Waals surface area contributed by atoms with Gasteiger partial charge in [0.15, 0.2) is 5.78 Å². The van der Waals surface area contributed by atoms with Crippen LogP contribution in [0.2, 0.25) is 0 Å². The van der Waals surface area contributed by atoms with Gasteiger partial charge in [-0.2, -0.15) is 0 Å². The van der Waals surface area contributed by atoms with Crippen molar-refractivity contribution in [3.63, 3.8) is 0 Å². The van der Waals surface area contributed by atoms with Crippen molar-refractivity contribution in [3.8, 4) is 0 Å². The molecule has 3 atom stereocenters. The molecule has 0 bridgehead atoms. The van der Waals surface area contributed by atoms with Gasteiger partial charge in [-0.3, -0.25) is 4.79 Å². The lowest BCUT2D eigenvalue weighted by atomic mass is 9.59. The molecule has 3 heteroatoms. The summed E-state index contributed by atoms with van der Waals surface area (Å²) in [5.74, 6) is 0.279. The monoisotopic (exact) mass is 318 g/mol. The Hall–Kier alpha value is -1.64. The number of allylic oxidation sites excluding steroid dienone is 4. The summed E-state index contributed by atoms with van der Waals surface area (Å²) < 4.78 is 5.68. The van der Waals surface area contributed by atoms with E-state index in [2.05, 4.69) is 20.4 Å². The van der Waals surface area contributed by atoms with Crippen LogP contribution in [0.4, 0.5) is 0 Å². The maximum Gasteiger partial charge on any atom is 0.333 e. The number of carbonyl (C=O) groups excluding carboxylic acids is 2. The summed E-state index contributed by atoms with van der Waals surface area (Å²) in [6.07, 6.45) is 8.47. The van der Waals surface area contributed by atoms with Gasteiger partial charge in [0.25, 0.3) is 0 Å². The maximum absolute atomic E-state index is 11.9. The van der Waals surface area contributed by atoms with Crippen molar-refractivity contribution in [3.05, 3.63) is 36.0 Å². The van der Waals surface area contributed by atoms with E-state index in [1.807, 2.05) is 19.9 Å². The van der Waals surface area contributed by atoms with Crippen molar-refractivity contribution in [2.24, 2.45) is 11.3 Å². The molecule has 0 N–H and O–H groups in total. The third-order valence-corrected chi connectivity index (χ3v) is 5.23. The highest BCUT2D eigenvalue weighted by Crippen LogP contribution is 2.50. The molecule has 0 amide bonds. The minimum Gasteiger partial charge on any atom is -0.459 e. The Morgan fingerprint density at radius 1 is 1.39 bits per heavy atom. The van der Waals surface area contributed by atoms with Gasteiger partial charge in [-0.05, 0) is 51.5 Å². The van der Waals surface area contributed by atoms with Crippen molar-refractivity contribution in [1.29, 1.82) is 0 Å². The Bertz CT molecular complexity index is 527. The molecule has 0 aromatic rings. The highest BCUT2D eigenvalue weighted by Gasteiger charge is 2.45. The molecule has 0 aliphatic heterocycles. The third-order valence-electron chi connectivity index (χ3n) is 5.23. The average Bonchev–Trinajstić information content (AvgIpc) is 2.52. The first kappa shape index (κ1) is 19.4. The number of esters is 1. The SMILES string of the molecule is C/C=C(/C)C(=O)OC1CCC2=CC(=O)CCC2(C)C1C.C=CC. The summed E-state index contributed by atoms with van der Waals surface area (Å²) in [7, 11) is 0. The van der Waals surface area contributed by atoms with Gasteiger partial charge < -0.3 is 4.74 Å². The average molecular weight is 318 g/mol. The summed E-state index contributed by atoms with van der Waals surface area (Å²) in [6.45, 7) is 13.2. The van der Waals surface area contributed by atoms with Crippen LogP contribution in [0, 0.1) is 11.3 Å². The predicted molar refractivity (Wildman–Crippen MR) is 94.0 cm³/mol. The van der Waals surface area contributed by atoms with E-state index >= 15 is 0 Å². The molecule has 0 aromatic heterocycles. The van der Waals surface area contributed by atoms with E-state index in [1.54, 1.807) is 19.1 Å². The molecule has 0 spiro atoms. The fourth-order valence-corrected chi connectivity index (χ4v) is 3.32. The van der Waals surface area contributed by atoms with Gasteiger partial charge in [-0.25, -0.2) is 4.79 Å². The zero-order valence-corrected chi connectivity index (χ0v) is 15.1. The highest BCUT2D eigenvalue weighted by atomic mass is 16.5. The van der Waals surface area contributed by atoms with E-state index in [9.17, 15) is 9.59 Å². The van der Waals surface area contributed by atoms with E-state index < -0.39 is 0 Å². The van der Waals surface area contributed by atoms with Crippen LogP contribution in [0.3, 0.4) is 0 Å². The van der Waals surface area contributed by atoms with Crippen LogP contribution in [0.15, 0.2) is 36.0 Å². The molecule has 2 aliphatic carbocycles. The quantitative estimate of drug-likeness (QED) is 0.418. The number of hydrogen-bond donors (Lipinski definition) is 0. The lowest BCUT2D eigenvalue weighted by molar-refractivity contribution is -0.151. The van der Waals surface area contributed by atoms with Gasteiger partial charge in [-0.15, -0.1) is 6.58 Å². The molecule has 128 valence electrons. The smallest absolute Gasteiger partial charge is 0.333 e. The Morgan fingerprint density at radius 2 is 2.00 bits per heavy atom. The van der Waals surface area contributed by atoms with Crippen molar-refractivity contribution < 1.29 is 14.3 Å². The molecule has 0 radical (unpaired) electrons. The first-order valence-corrected chi connectivity index (χ1v) is 8.45. The molecule has 2 rings (SSSR count). The number of rotatable bonds is 2. The number of carbonyl (C=O) groups is 2. The van der Waals surface area contributed by atoms with Crippen molar-refractivity contribution in [1.82, 2.24) is 0 Å². The molecule has 0 saturated heterocycles. The maximum atomic E-state index is 11.9. The summed E-state index contributed by atoms with van der Waals surface area (Å²) >= 11 is 0. The zero-order valence-electron chi connectivity index (χ0n) is 15.1. The van der Waals surface area contributed by atoms with Crippen LogP contribution in [-0.4, -0.2) is 17.9 Å². The molecule has 1 fully saturated rings. The standard InChI is InChI=1S/C17H24O3.C3H6/c1-5-11(2)16(19)20-15-7-6-13-10-14(18)8-9-17(13,4)12(15)3;1-3-2/h5,10,12,15H,6-9H2,1-4H3;3H,1H2,2H3/b11-5-;. The molecule has 2 aliphatic rings. The zero-order chi connectivity index (χ0) is 17.6. The number of ketones is 1. The van der Waals surface area contributed by atoms with E-state index in [4.69, 9.17) is 4.74 Å². The molecule has 3 nitrogen and oxygen atoms in total. The van der Waals surface area contributed by atoms with Crippen LogP contribution in [0.25, 0.3) is 0 Å².